The maximum atomic E-state index is 12.4. The Kier molecular flexibility index (Phi) is 6.44. The van der Waals surface area contributed by atoms with Crippen LogP contribution in [0.3, 0.4) is 0 Å². The first kappa shape index (κ1) is 18.1. The van der Waals surface area contributed by atoms with Crippen LogP contribution < -0.4 is 5.32 Å². The van der Waals surface area contributed by atoms with Gasteiger partial charge in [-0.1, -0.05) is 50.1 Å². The fourth-order valence-electron chi connectivity index (χ4n) is 2.52. The fraction of sp³-hybridized carbons (Fsp3) is 0.316. The molecule has 126 valence electrons. The molecule has 0 aliphatic carbocycles. The third-order valence-corrected chi connectivity index (χ3v) is 4.18. The molecule has 0 bridgehead atoms. The number of amides is 2. The van der Waals surface area contributed by atoms with Gasteiger partial charge in [-0.2, -0.15) is 0 Å². The lowest BCUT2D eigenvalue weighted by Gasteiger charge is -2.27. The quantitative estimate of drug-likeness (QED) is 0.272. The molecule has 0 spiro atoms. The monoisotopic (exact) mass is 342 g/mol. The zero-order valence-corrected chi connectivity index (χ0v) is 14.7. The van der Waals surface area contributed by atoms with Gasteiger partial charge in [-0.15, -0.1) is 6.58 Å². The van der Waals surface area contributed by atoms with Crippen LogP contribution in [0.15, 0.2) is 42.5 Å². The highest BCUT2D eigenvalue weighted by molar-refractivity contribution is 7.80. The molecule has 5 heteroatoms. The number of thiocarbonyl (C=S) groups is 1. The van der Waals surface area contributed by atoms with Crippen molar-refractivity contribution >= 4 is 35.2 Å². The Morgan fingerprint density at radius 1 is 1.21 bits per heavy atom. The first-order chi connectivity index (χ1) is 11.6. The molecule has 1 aromatic carbocycles. The Balaban J connectivity index is 2.16. The lowest BCUT2D eigenvalue weighted by atomic mass is 10.0. The van der Waals surface area contributed by atoms with E-state index in [0.29, 0.717) is 0 Å². The van der Waals surface area contributed by atoms with Gasteiger partial charge < -0.3 is 0 Å². The van der Waals surface area contributed by atoms with Crippen LogP contribution in [0.2, 0.25) is 0 Å². The minimum absolute atomic E-state index is 0.0872. The second-order valence-corrected chi connectivity index (χ2v) is 6.11. The van der Waals surface area contributed by atoms with Gasteiger partial charge in [0.15, 0.2) is 5.11 Å². The molecule has 2 rings (SSSR count). The summed E-state index contributed by atoms with van der Waals surface area (Å²) in [5, 5.41) is 2.66. The van der Waals surface area contributed by atoms with Gasteiger partial charge >= 0.3 is 0 Å². The third-order valence-electron chi connectivity index (χ3n) is 3.86. The summed E-state index contributed by atoms with van der Waals surface area (Å²) in [5.41, 5.74) is 2.17. The van der Waals surface area contributed by atoms with Crippen molar-refractivity contribution in [3.05, 3.63) is 53.6 Å². The van der Waals surface area contributed by atoms with Crippen molar-refractivity contribution in [2.75, 3.05) is 6.54 Å². The third kappa shape index (κ3) is 4.38. The van der Waals surface area contributed by atoms with Crippen molar-refractivity contribution in [3.8, 4) is 0 Å². The number of unbranched alkanes of at least 4 members (excludes halogenated alkanes) is 2. The summed E-state index contributed by atoms with van der Waals surface area (Å²) in [7, 11) is 0. The average Bonchev–Trinajstić information content (AvgIpc) is 2.57. The summed E-state index contributed by atoms with van der Waals surface area (Å²) in [4.78, 5) is 25.8. The number of nitrogens with one attached hydrogen (secondary N) is 1. The molecule has 1 aliphatic rings. The van der Waals surface area contributed by atoms with E-state index in [-0.39, 0.29) is 17.2 Å². The molecule has 0 atom stereocenters. The number of nitrogens with zero attached hydrogens (tertiary/aromatic N) is 1. The molecule has 1 aliphatic heterocycles. The highest BCUT2D eigenvalue weighted by Gasteiger charge is 2.32. The molecule has 0 unspecified atom stereocenters. The molecule has 2 amide bonds. The van der Waals surface area contributed by atoms with E-state index in [2.05, 4.69) is 18.8 Å². The van der Waals surface area contributed by atoms with E-state index in [1.54, 1.807) is 12.2 Å². The van der Waals surface area contributed by atoms with Crippen molar-refractivity contribution in [1.82, 2.24) is 10.2 Å². The van der Waals surface area contributed by atoms with E-state index < -0.39 is 11.8 Å². The fourth-order valence-corrected chi connectivity index (χ4v) is 2.77. The summed E-state index contributed by atoms with van der Waals surface area (Å²) in [6.45, 7) is 6.06. The van der Waals surface area contributed by atoms with Crippen LogP contribution in [-0.2, 0) is 16.0 Å². The molecule has 0 radical (unpaired) electrons. The van der Waals surface area contributed by atoms with E-state index in [4.69, 9.17) is 12.2 Å². The summed E-state index contributed by atoms with van der Waals surface area (Å²) in [6, 6.07) is 7.94. The molecule has 0 aromatic heterocycles. The number of rotatable bonds is 7. The second-order valence-electron chi connectivity index (χ2n) is 5.72. The van der Waals surface area contributed by atoms with E-state index in [0.717, 1.165) is 12.0 Å². The second kappa shape index (κ2) is 8.55. The number of carbonyl (C=O) groups is 2. The maximum absolute atomic E-state index is 12.4. The predicted octanol–water partition coefficient (Wildman–Crippen LogP) is 3.23. The predicted molar refractivity (Wildman–Crippen MR) is 100 cm³/mol. The molecule has 24 heavy (non-hydrogen) atoms. The molecule has 1 fully saturated rings. The van der Waals surface area contributed by atoms with Gasteiger partial charge in [-0.05, 0) is 42.3 Å². The minimum atomic E-state index is -0.461. The minimum Gasteiger partial charge on any atom is -0.298 e. The number of aryl methyl sites for hydroxylation is 1. The summed E-state index contributed by atoms with van der Waals surface area (Å²) < 4.78 is 0. The van der Waals surface area contributed by atoms with Crippen molar-refractivity contribution in [2.45, 2.75) is 32.6 Å². The molecule has 1 heterocycles. The summed E-state index contributed by atoms with van der Waals surface area (Å²) >= 11 is 5.03. The molecular weight excluding hydrogens is 320 g/mol. The zero-order valence-electron chi connectivity index (χ0n) is 13.9. The van der Waals surface area contributed by atoms with Crippen molar-refractivity contribution < 1.29 is 9.59 Å². The highest BCUT2D eigenvalue weighted by Crippen LogP contribution is 2.16. The number of hydrogen-bond donors (Lipinski definition) is 1. The van der Waals surface area contributed by atoms with Crippen molar-refractivity contribution in [1.29, 1.82) is 0 Å². The lowest BCUT2D eigenvalue weighted by Crippen LogP contribution is -2.53. The molecule has 1 saturated heterocycles. The Hall–Kier alpha value is -2.27. The van der Waals surface area contributed by atoms with Gasteiger partial charge in [-0.3, -0.25) is 19.8 Å². The Morgan fingerprint density at radius 2 is 1.92 bits per heavy atom. The first-order valence-electron chi connectivity index (χ1n) is 8.15. The Labute approximate surface area is 148 Å². The maximum Gasteiger partial charge on any atom is 0.265 e. The van der Waals surface area contributed by atoms with Gasteiger partial charge in [0, 0.05) is 6.54 Å². The van der Waals surface area contributed by atoms with Gasteiger partial charge in [0.1, 0.15) is 5.57 Å². The van der Waals surface area contributed by atoms with Gasteiger partial charge in [0.25, 0.3) is 11.8 Å². The highest BCUT2D eigenvalue weighted by atomic mass is 32.1. The van der Waals surface area contributed by atoms with E-state index >= 15 is 0 Å². The largest absolute Gasteiger partial charge is 0.298 e. The standard InChI is InChI=1S/C19H22N2O2S/c1-3-5-6-7-14-8-10-15(11-9-14)13-16-17(22)20-19(24)21(12-4-2)18(16)23/h4,8-11,13H,2-3,5-7,12H2,1H3,(H,20,22,24)/b16-13+. The first-order valence-corrected chi connectivity index (χ1v) is 8.56. The van der Waals surface area contributed by atoms with Gasteiger partial charge in [0.2, 0.25) is 0 Å². The lowest BCUT2D eigenvalue weighted by molar-refractivity contribution is -0.128. The molecule has 1 N–H and O–H groups in total. The Morgan fingerprint density at radius 3 is 2.54 bits per heavy atom. The summed E-state index contributed by atoms with van der Waals surface area (Å²) in [6.07, 6.45) is 7.82. The number of hydrogen-bond acceptors (Lipinski definition) is 3. The average molecular weight is 342 g/mol. The van der Waals surface area contributed by atoms with Crippen LogP contribution in [-0.4, -0.2) is 28.4 Å². The van der Waals surface area contributed by atoms with Crippen molar-refractivity contribution in [3.63, 3.8) is 0 Å². The van der Waals surface area contributed by atoms with E-state index in [1.165, 1.54) is 29.7 Å². The normalized spacial score (nSPS) is 16.5. The van der Waals surface area contributed by atoms with Crippen LogP contribution in [0.25, 0.3) is 6.08 Å². The van der Waals surface area contributed by atoms with Crippen LogP contribution >= 0.6 is 12.2 Å². The molecular formula is C19H22N2O2S. The van der Waals surface area contributed by atoms with E-state index in [9.17, 15) is 9.59 Å². The van der Waals surface area contributed by atoms with Gasteiger partial charge in [-0.25, -0.2) is 0 Å². The van der Waals surface area contributed by atoms with Crippen LogP contribution in [0.1, 0.15) is 37.3 Å². The van der Waals surface area contributed by atoms with Crippen LogP contribution in [0.5, 0.6) is 0 Å². The van der Waals surface area contributed by atoms with Crippen LogP contribution in [0.4, 0.5) is 0 Å². The Bertz CT molecular complexity index is 677. The number of benzene rings is 1. The van der Waals surface area contributed by atoms with Crippen LogP contribution in [0, 0.1) is 0 Å². The number of carbonyl (C=O) groups excluding carboxylic acids is 2. The SMILES string of the molecule is C=CCN1C(=O)/C(=C/c2ccc(CCCCC)cc2)C(=O)NC1=S. The van der Waals surface area contributed by atoms with E-state index in [1.807, 2.05) is 24.3 Å². The van der Waals surface area contributed by atoms with Crippen molar-refractivity contribution in [2.24, 2.45) is 0 Å². The van der Waals surface area contributed by atoms with Gasteiger partial charge in [0.05, 0.1) is 0 Å². The molecule has 4 nitrogen and oxygen atoms in total. The molecule has 1 aromatic rings. The topological polar surface area (TPSA) is 49.4 Å². The summed E-state index contributed by atoms with van der Waals surface area (Å²) in [5.74, 6) is -0.854. The molecule has 0 saturated carbocycles. The smallest absolute Gasteiger partial charge is 0.265 e. The zero-order chi connectivity index (χ0) is 17.5.